The highest BCUT2D eigenvalue weighted by atomic mass is 15.1. The maximum Gasteiger partial charge on any atom is 0.138 e. The van der Waals surface area contributed by atoms with Gasteiger partial charge in [0.1, 0.15) is 17.5 Å². The molecular weight excluding hydrogens is 212 g/mol. The van der Waals surface area contributed by atoms with E-state index in [1.54, 1.807) is 0 Å². The summed E-state index contributed by atoms with van der Waals surface area (Å²) in [5, 5.41) is 3.40. The monoisotopic (exact) mass is 234 g/mol. The van der Waals surface area contributed by atoms with Crippen molar-refractivity contribution >= 4 is 11.6 Å². The van der Waals surface area contributed by atoms with Gasteiger partial charge in [-0.1, -0.05) is 20.8 Å². The van der Waals surface area contributed by atoms with Gasteiger partial charge in [0.05, 0.1) is 0 Å². The van der Waals surface area contributed by atoms with E-state index in [2.05, 4.69) is 36.1 Å². The van der Waals surface area contributed by atoms with Crippen molar-refractivity contribution in [2.24, 2.45) is 5.92 Å². The molecule has 3 N–H and O–H groups in total. The Morgan fingerprint density at radius 1 is 1.29 bits per heavy atom. The first-order valence-electron chi connectivity index (χ1n) is 6.26. The highest BCUT2D eigenvalue weighted by Crippen LogP contribution is 2.30. The SMILES string of the molecule is Cc1c(N)nc(C(C)(C)C)nc1NCC1CC1. The molecule has 0 aliphatic heterocycles. The maximum atomic E-state index is 5.95. The number of anilines is 2. The number of nitrogens with zero attached hydrogens (tertiary/aromatic N) is 2. The van der Waals surface area contributed by atoms with Crippen LogP contribution in [-0.2, 0) is 5.41 Å². The standard InChI is InChI=1S/C13H22N4/c1-8-10(14)16-12(13(2,3)4)17-11(8)15-7-9-5-6-9/h9H,5-7H2,1-4H3,(H3,14,15,16,17). The first kappa shape index (κ1) is 12.1. The first-order valence-corrected chi connectivity index (χ1v) is 6.26. The predicted molar refractivity (Wildman–Crippen MR) is 71.1 cm³/mol. The first-order chi connectivity index (χ1) is 7.88. The molecule has 4 nitrogen and oxygen atoms in total. The zero-order valence-corrected chi connectivity index (χ0v) is 11.2. The Hall–Kier alpha value is -1.32. The van der Waals surface area contributed by atoms with E-state index in [0.717, 1.165) is 29.7 Å². The molecule has 0 aromatic carbocycles. The van der Waals surface area contributed by atoms with Crippen molar-refractivity contribution < 1.29 is 0 Å². The minimum absolute atomic E-state index is 0.0716. The highest BCUT2D eigenvalue weighted by Gasteiger charge is 2.23. The van der Waals surface area contributed by atoms with Gasteiger partial charge in [-0.2, -0.15) is 0 Å². The fourth-order valence-electron chi connectivity index (χ4n) is 1.60. The molecule has 94 valence electrons. The summed E-state index contributed by atoms with van der Waals surface area (Å²) in [6.07, 6.45) is 2.66. The van der Waals surface area contributed by atoms with Crippen molar-refractivity contribution in [2.75, 3.05) is 17.6 Å². The van der Waals surface area contributed by atoms with Crippen LogP contribution in [-0.4, -0.2) is 16.5 Å². The lowest BCUT2D eigenvalue weighted by Gasteiger charge is -2.19. The van der Waals surface area contributed by atoms with Crippen LogP contribution in [0.1, 0.15) is 45.0 Å². The minimum atomic E-state index is -0.0716. The van der Waals surface area contributed by atoms with Gasteiger partial charge < -0.3 is 11.1 Å². The van der Waals surface area contributed by atoms with Gasteiger partial charge >= 0.3 is 0 Å². The van der Waals surface area contributed by atoms with Crippen molar-refractivity contribution in [1.29, 1.82) is 0 Å². The summed E-state index contributed by atoms with van der Waals surface area (Å²) in [6, 6.07) is 0. The predicted octanol–water partition coefficient (Wildman–Crippen LogP) is 2.49. The van der Waals surface area contributed by atoms with Crippen LogP contribution < -0.4 is 11.1 Å². The van der Waals surface area contributed by atoms with E-state index in [4.69, 9.17) is 5.73 Å². The van der Waals surface area contributed by atoms with Gasteiger partial charge in [-0.25, -0.2) is 9.97 Å². The molecule has 17 heavy (non-hydrogen) atoms. The molecular formula is C13H22N4. The molecule has 0 spiro atoms. The summed E-state index contributed by atoms with van der Waals surface area (Å²) < 4.78 is 0. The Kier molecular flexibility index (Phi) is 2.98. The lowest BCUT2D eigenvalue weighted by Crippen LogP contribution is -2.20. The number of nitrogens with one attached hydrogen (secondary N) is 1. The smallest absolute Gasteiger partial charge is 0.138 e. The lowest BCUT2D eigenvalue weighted by atomic mass is 9.95. The third kappa shape index (κ3) is 2.87. The summed E-state index contributed by atoms with van der Waals surface area (Å²) >= 11 is 0. The van der Waals surface area contributed by atoms with Crippen LogP contribution in [0.3, 0.4) is 0 Å². The Labute approximate surface area is 103 Å². The molecule has 1 aromatic heterocycles. The molecule has 1 aliphatic rings. The normalized spacial score (nSPS) is 16.0. The van der Waals surface area contributed by atoms with Crippen molar-refractivity contribution in [1.82, 2.24) is 9.97 Å². The van der Waals surface area contributed by atoms with Crippen molar-refractivity contribution in [3.05, 3.63) is 11.4 Å². The number of hydrogen-bond donors (Lipinski definition) is 2. The topological polar surface area (TPSA) is 63.8 Å². The van der Waals surface area contributed by atoms with Crippen molar-refractivity contribution in [3.8, 4) is 0 Å². The van der Waals surface area contributed by atoms with Gasteiger partial charge in [0.2, 0.25) is 0 Å². The summed E-state index contributed by atoms with van der Waals surface area (Å²) in [5.74, 6) is 3.11. The quantitative estimate of drug-likeness (QED) is 0.843. The van der Waals surface area contributed by atoms with E-state index in [0.29, 0.717) is 5.82 Å². The maximum absolute atomic E-state index is 5.95. The summed E-state index contributed by atoms with van der Waals surface area (Å²) in [6.45, 7) is 9.27. The molecule has 0 bridgehead atoms. The molecule has 2 rings (SSSR count). The highest BCUT2D eigenvalue weighted by molar-refractivity contribution is 5.55. The molecule has 0 amide bonds. The van der Waals surface area contributed by atoms with Gasteiger partial charge in [0, 0.05) is 17.5 Å². The van der Waals surface area contributed by atoms with Gasteiger partial charge in [-0.05, 0) is 25.7 Å². The van der Waals surface area contributed by atoms with Crippen molar-refractivity contribution in [2.45, 2.75) is 46.0 Å². The van der Waals surface area contributed by atoms with E-state index in [1.165, 1.54) is 12.8 Å². The zero-order chi connectivity index (χ0) is 12.6. The van der Waals surface area contributed by atoms with Crippen LogP contribution in [0, 0.1) is 12.8 Å². The lowest BCUT2D eigenvalue weighted by molar-refractivity contribution is 0.546. The average molecular weight is 234 g/mol. The van der Waals surface area contributed by atoms with Crippen LogP contribution >= 0.6 is 0 Å². The van der Waals surface area contributed by atoms with E-state index in [-0.39, 0.29) is 5.41 Å². The van der Waals surface area contributed by atoms with Crippen LogP contribution in [0.2, 0.25) is 0 Å². The average Bonchev–Trinajstić information content (AvgIpc) is 3.02. The third-order valence-electron chi connectivity index (χ3n) is 3.11. The second-order valence-corrected chi connectivity index (χ2v) is 5.98. The summed E-state index contributed by atoms with van der Waals surface area (Å²) in [7, 11) is 0. The second kappa shape index (κ2) is 4.17. The van der Waals surface area contributed by atoms with Crippen LogP contribution in [0.5, 0.6) is 0 Å². The molecule has 1 aliphatic carbocycles. The fourth-order valence-corrected chi connectivity index (χ4v) is 1.60. The zero-order valence-electron chi connectivity index (χ0n) is 11.2. The Morgan fingerprint density at radius 3 is 2.47 bits per heavy atom. The van der Waals surface area contributed by atoms with E-state index >= 15 is 0 Å². The van der Waals surface area contributed by atoms with Crippen LogP contribution in [0.4, 0.5) is 11.6 Å². The molecule has 4 heteroatoms. The minimum Gasteiger partial charge on any atom is -0.383 e. The number of nitrogen functional groups attached to an aromatic ring is 1. The molecule has 1 fully saturated rings. The van der Waals surface area contributed by atoms with Crippen molar-refractivity contribution in [3.63, 3.8) is 0 Å². The number of rotatable bonds is 3. The van der Waals surface area contributed by atoms with Gasteiger partial charge in [0.15, 0.2) is 0 Å². The molecule has 1 aromatic rings. The molecule has 0 unspecified atom stereocenters. The molecule has 0 radical (unpaired) electrons. The van der Waals surface area contributed by atoms with E-state index < -0.39 is 0 Å². The van der Waals surface area contributed by atoms with Crippen LogP contribution in [0.25, 0.3) is 0 Å². The van der Waals surface area contributed by atoms with Gasteiger partial charge in [-0.15, -0.1) is 0 Å². The van der Waals surface area contributed by atoms with E-state index in [9.17, 15) is 0 Å². The molecule has 0 atom stereocenters. The number of hydrogen-bond acceptors (Lipinski definition) is 4. The second-order valence-electron chi connectivity index (χ2n) is 5.98. The Morgan fingerprint density at radius 2 is 1.94 bits per heavy atom. The molecule has 1 heterocycles. The van der Waals surface area contributed by atoms with Gasteiger partial charge in [0.25, 0.3) is 0 Å². The fraction of sp³-hybridized carbons (Fsp3) is 0.692. The third-order valence-corrected chi connectivity index (χ3v) is 3.11. The number of aromatic nitrogens is 2. The summed E-state index contributed by atoms with van der Waals surface area (Å²) in [4.78, 5) is 8.98. The Balaban J connectivity index is 2.25. The largest absolute Gasteiger partial charge is 0.383 e. The Bertz CT molecular complexity index is 416. The molecule has 0 saturated heterocycles. The number of nitrogens with two attached hydrogens (primary N) is 1. The van der Waals surface area contributed by atoms with E-state index in [1.807, 2.05) is 6.92 Å². The van der Waals surface area contributed by atoms with Gasteiger partial charge in [-0.3, -0.25) is 0 Å². The van der Waals surface area contributed by atoms with Crippen LogP contribution in [0.15, 0.2) is 0 Å². The summed E-state index contributed by atoms with van der Waals surface area (Å²) in [5.41, 5.74) is 6.83. The molecule has 1 saturated carbocycles.